The number of halogens is 4. The lowest BCUT2D eigenvalue weighted by Crippen LogP contribution is -2.11. The summed E-state index contributed by atoms with van der Waals surface area (Å²) >= 11 is 0. The van der Waals surface area contributed by atoms with Crippen LogP contribution in [0.2, 0.25) is 0 Å². The van der Waals surface area contributed by atoms with E-state index in [9.17, 15) is 17.6 Å². The number of hydrogen-bond acceptors (Lipinski definition) is 3. The first-order valence-corrected chi connectivity index (χ1v) is 5.33. The zero-order valence-corrected chi connectivity index (χ0v) is 9.87. The molecular weight excluding hydrogens is 264 g/mol. The van der Waals surface area contributed by atoms with Crippen LogP contribution in [-0.2, 0) is 12.7 Å². The smallest absolute Gasteiger partial charge is 0.316 e. The van der Waals surface area contributed by atoms with Crippen LogP contribution in [0.25, 0.3) is 5.82 Å². The molecule has 1 N–H and O–H groups in total. The molecule has 19 heavy (non-hydrogen) atoms. The van der Waals surface area contributed by atoms with Gasteiger partial charge in [0.2, 0.25) is 0 Å². The maximum Gasteiger partial charge on any atom is 0.419 e. The van der Waals surface area contributed by atoms with E-state index in [0.29, 0.717) is 11.8 Å². The summed E-state index contributed by atoms with van der Waals surface area (Å²) in [7, 11) is 1.64. The number of nitrogens with one attached hydrogen (secondary N) is 1. The van der Waals surface area contributed by atoms with Crippen LogP contribution in [0.5, 0.6) is 0 Å². The Bertz CT molecular complexity index is 576. The lowest BCUT2D eigenvalue weighted by atomic mass is 10.2. The van der Waals surface area contributed by atoms with Crippen LogP contribution in [0.4, 0.5) is 17.6 Å². The maximum absolute atomic E-state index is 13.1. The fourth-order valence-electron chi connectivity index (χ4n) is 1.59. The minimum atomic E-state index is -4.47. The third kappa shape index (κ3) is 2.90. The fourth-order valence-corrected chi connectivity index (χ4v) is 1.59. The topological polar surface area (TPSA) is 42.7 Å². The molecule has 0 bridgehead atoms. The van der Waals surface area contributed by atoms with Gasteiger partial charge in [-0.2, -0.15) is 18.3 Å². The number of nitrogens with zero attached hydrogens (tertiary/aromatic N) is 3. The van der Waals surface area contributed by atoms with Gasteiger partial charge in [-0.25, -0.2) is 14.1 Å². The largest absolute Gasteiger partial charge is 0.419 e. The Morgan fingerprint density at radius 1 is 1.32 bits per heavy atom. The Morgan fingerprint density at radius 3 is 2.63 bits per heavy atom. The molecule has 2 aromatic rings. The molecule has 0 aromatic carbocycles. The van der Waals surface area contributed by atoms with Crippen LogP contribution in [0.1, 0.15) is 11.1 Å². The number of pyridine rings is 1. The fraction of sp³-hybridized carbons (Fsp3) is 0.273. The van der Waals surface area contributed by atoms with Crippen molar-refractivity contribution in [3.8, 4) is 5.82 Å². The van der Waals surface area contributed by atoms with Crippen molar-refractivity contribution < 1.29 is 17.6 Å². The van der Waals surface area contributed by atoms with Crippen molar-refractivity contribution in [3.05, 3.63) is 41.6 Å². The lowest BCUT2D eigenvalue weighted by molar-refractivity contribution is -0.137. The van der Waals surface area contributed by atoms with Crippen LogP contribution >= 0.6 is 0 Å². The number of alkyl halides is 3. The zero-order chi connectivity index (χ0) is 14.0. The van der Waals surface area contributed by atoms with E-state index < -0.39 is 17.6 Å². The van der Waals surface area contributed by atoms with Crippen molar-refractivity contribution in [3.63, 3.8) is 0 Å². The molecule has 2 rings (SSSR count). The van der Waals surface area contributed by atoms with Gasteiger partial charge in [0.25, 0.3) is 0 Å². The van der Waals surface area contributed by atoms with Crippen molar-refractivity contribution in [2.24, 2.45) is 0 Å². The summed E-state index contributed by atoms with van der Waals surface area (Å²) in [4.78, 5) is 3.78. The average molecular weight is 274 g/mol. The SMILES string of the molecule is CNCc1cc(F)cnc1-n1cc(C(F)(F)F)cn1. The Morgan fingerprint density at radius 2 is 2.05 bits per heavy atom. The van der Waals surface area contributed by atoms with Crippen LogP contribution in [-0.4, -0.2) is 21.8 Å². The Hall–Kier alpha value is -1.96. The van der Waals surface area contributed by atoms with E-state index in [-0.39, 0.29) is 12.4 Å². The van der Waals surface area contributed by atoms with Crippen LogP contribution in [0.3, 0.4) is 0 Å². The lowest BCUT2D eigenvalue weighted by Gasteiger charge is -2.08. The van der Waals surface area contributed by atoms with Gasteiger partial charge in [-0.1, -0.05) is 0 Å². The van der Waals surface area contributed by atoms with Crippen molar-refractivity contribution in [2.45, 2.75) is 12.7 Å². The number of hydrogen-bond donors (Lipinski definition) is 1. The predicted octanol–water partition coefficient (Wildman–Crippen LogP) is 2.14. The van der Waals surface area contributed by atoms with Gasteiger partial charge >= 0.3 is 6.18 Å². The number of rotatable bonds is 3. The quantitative estimate of drug-likeness (QED) is 0.872. The summed E-state index contributed by atoms with van der Waals surface area (Å²) in [6.07, 6.45) is -2.02. The van der Waals surface area contributed by atoms with Gasteiger partial charge < -0.3 is 5.32 Å². The highest BCUT2D eigenvalue weighted by Gasteiger charge is 2.32. The van der Waals surface area contributed by atoms with E-state index in [1.165, 1.54) is 6.07 Å². The Kier molecular flexibility index (Phi) is 3.52. The molecule has 0 spiro atoms. The molecule has 0 atom stereocenters. The first-order chi connectivity index (χ1) is 8.91. The summed E-state index contributed by atoms with van der Waals surface area (Å²) in [5.41, 5.74) is -0.464. The molecule has 0 amide bonds. The van der Waals surface area contributed by atoms with Gasteiger partial charge in [-0.15, -0.1) is 0 Å². The van der Waals surface area contributed by atoms with E-state index in [2.05, 4.69) is 15.4 Å². The molecule has 2 heterocycles. The normalized spacial score (nSPS) is 11.8. The molecule has 0 unspecified atom stereocenters. The highest BCUT2D eigenvalue weighted by atomic mass is 19.4. The standard InChI is InChI=1S/C11H10F4N4/c1-16-3-7-2-9(12)5-17-10(7)19-6-8(4-18-19)11(13,14)15/h2,4-6,16H,3H2,1H3. The summed E-state index contributed by atoms with van der Waals surface area (Å²) in [6, 6.07) is 1.20. The Labute approximate surface area is 106 Å². The summed E-state index contributed by atoms with van der Waals surface area (Å²) in [5, 5.41) is 6.40. The highest BCUT2D eigenvalue weighted by Crippen LogP contribution is 2.29. The van der Waals surface area contributed by atoms with E-state index in [0.717, 1.165) is 17.1 Å². The van der Waals surface area contributed by atoms with E-state index in [4.69, 9.17) is 0 Å². The van der Waals surface area contributed by atoms with E-state index in [1.54, 1.807) is 7.05 Å². The van der Waals surface area contributed by atoms with Gasteiger partial charge in [-0.3, -0.25) is 0 Å². The van der Waals surface area contributed by atoms with Gasteiger partial charge in [0.1, 0.15) is 5.82 Å². The summed E-state index contributed by atoms with van der Waals surface area (Å²) in [6.45, 7) is 0.265. The second-order valence-electron chi connectivity index (χ2n) is 3.84. The van der Waals surface area contributed by atoms with Gasteiger partial charge in [0.05, 0.1) is 18.0 Å². The third-order valence-corrected chi connectivity index (χ3v) is 2.40. The number of aromatic nitrogens is 3. The molecule has 0 aliphatic heterocycles. The van der Waals surface area contributed by atoms with Crippen LogP contribution in [0.15, 0.2) is 24.7 Å². The molecule has 2 aromatic heterocycles. The first-order valence-electron chi connectivity index (χ1n) is 5.33. The summed E-state index contributed by atoms with van der Waals surface area (Å²) < 4.78 is 51.5. The molecule has 102 valence electrons. The highest BCUT2D eigenvalue weighted by molar-refractivity contribution is 5.34. The molecule has 0 aliphatic rings. The minimum absolute atomic E-state index is 0.159. The molecule has 0 aliphatic carbocycles. The molecule has 0 saturated heterocycles. The molecule has 8 heteroatoms. The van der Waals surface area contributed by atoms with E-state index in [1.807, 2.05) is 0 Å². The molecule has 0 radical (unpaired) electrons. The molecule has 4 nitrogen and oxygen atoms in total. The molecule has 0 fully saturated rings. The monoisotopic (exact) mass is 274 g/mol. The van der Waals surface area contributed by atoms with Crippen molar-refractivity contribution in [1.29, 1.82) is 0 Å². The van der Waals surface area contributed by atoms with Gasteiger partial charge in [0, 0.05) is 18.3 Å². The van der Waals surface area contributed by atoms with Crippen LogP contribution < -0.4 is 5.32 Å². The van der Waals surface area contributed by atoms with Gasteiger partial charge in [-0.05, 0) is 13.1 Å². The van der Waals surface area contributed by atoms with Crippen molar-refractivity contribution >= 4 is 0 Å². The van der Waals surface area contributed by atoms with Crippen molar-refractivity contribution in [2.75, 3.05) is 7.05 Å². The van der Waals surface area contributed by atoms with Crippen molar-refractivity contribution in [1.82, 2.24) is 20.1 Å². The predicted molar refractivity (Wildman–Crippen MR) is 59.1 cm³/mol. The Balaban J connectivity index is 2.44. The molecular formula is C11H10F4N4. The van der Waals surface area contributed by atoms with Gasteiger partial charge in [0.15, 0.2) is 5.82 Å². The second kappa shape index (κ2) is 4.96. The third-order valence-electron chi connectivity index (χ3n) is 2.40. The van der Waals surface area contributed by atoms with Crippen LogP contribution in [0, 0.1) is 5.82 Å². The average Bonchev–Trinajstić information content (AvgIpc) is 2.78. The maximum atomic E-state index is 13.1. The molecule has 0 saturated carbocycles. The zero-order valence-electron chi connectivity index (χ0n) is 9.87. The second-order valence-corrected chi connectivity index (χ2v) is 3.84. The van der Waals surface area contributed by atoms with E-state index >= 15 is 0 Å². The summed E-state index contributed by atoms with van der Waals surface area (Å²) in [5.74, 6) is -0.400. The first kappa shape index (κ1) is 13.5. The minimum Gasteiger partial charge on any atom is -0.316 e.